The molecular formula is C9H21N3O. The second kappa shape index (κ2) is 9.48. The Hall–Kier alpha value is -0.610. The number of rotatable bonds is 8. The number of hydrogen-bond acceptors (Lipinski definition) is 3. The van der Waals surface area contributed by atoms with Gasteiger partial charge in [-0.3, -0.25) is 4.79 Å². The number of nitrogens with one attached hydrogen (secondary N) is 2. The zero-order chi connectivity index (χ0) is 9.94. The lowest BCUT2D eigenvalue weighted by atomic mass is 10.2. The van der Waals surface area contributed by atoms with Crippen LogP contribution in [0.1, 0.15) is 25.7 Å². The standard InChI is InChI=1S/C9H21N3O/c1-11-7-4-5-9(13)12-8-3-2-6-10/h11H,2-8,10H2,1H3,(H,12,13). The smallest absolute Gasteiger partial charge is 0.220 e. The first-order chi connectivity index (χ1) is 6.31. The summed E-state index contributed by atoms with van der Waals surface area (Å²) in [5, 5.41) is 5.86. The number of carbonyl (C=O) groups excluding carboxylic acids is 1. The van der Waals surface area contributed by atoms with Crippen molar-refractivity contribution in [3.8, 4) is 0 Å². The number of nitrogens with two attached hydrogens (primary N) is 1. The van der Waals surface area contributed by atoms with E-state index in [0.717, 1.165) is 32.4 Å². The largest absolute Gasteiger partial charge is 0.356 e. The Bertz CT molecular complexity index is 128. The van der Waals surface area contributed by atoms with Crippen molar-refractivity contribution in [1.82, 2.24) is 10.6 Å². The zero-order valence-corrected chi connectivity index (χ0v) is 8.44. The maximum Gasteiger partial charge on any atom is 0.220 e. The van der Waals surface area contributed by atoms with Crippen molar-refractivity contribution in [2.24, 2.45) is 5.73 Å². The third kappa shape index (κ3) is 9.30. The summed E-state index contributed by atoms with van der Waals surface area (Å²) >= 11 is 0. The maximum atomic E-state index is 11.1. The highest BCUT2D eigenvalue weighted by molar-refractivity contribution is 5.75. The van der Waals surface area contributed by atoms with Crippen molar-refractivity contribution in [2.75, 3.05) is 26.7 Å². The number of unbranched alkanes of at least 4 members (excludes halogenated alkanes) is 1. The molecule has 4 N–H and O–H groups in total. The minimum Gasteiger partial charge on any atom is -0.356 e. The summed E-state index contributed by atoms with van der Waals surface area (Å²) in [6.45, 7) is 2.36. The van der Waals surface area contributed by atoms with Crippen LogP contribution in [0.3, 0.4) is 0 Å². The van der Waals surface area contributed by atoms with Crippen LogP contribution in [0.4, 0.5) is 0 Å². The third-order valence-electron chi connectivity index (χ3n) is 1.78. The maximum absolute atomic E-state index is 11.1. The van der Waals surface area contributed by atoms with E-state index in [1.165, 1.54) is 0 Å². The Labute approximate surface area is 80.3 Å². The Morgan fingerprint density at radius 1 is 1.23 bits per heavy atom. The van der Waals surface area contributed by atoms with Gasteiger partial charge in [-0.2, -0.15) is 0 Å². The van der Waals surface area contributed by atoms with Crippen molar-refractivity contribution in [1.29, 1.82) is 0 Å². The minimum absolute atomic E-state index is 0.146. The van der Waals surface area contributed by atoms with E-state index in [-0.39, 0.29) is 5.91 Å². The molecule has 0 aliphatic rings. The summed E-state index contributed by atoms with van der Waals surface area (Å²) in [6, 6.07) is 0. The molecule has 0 rings (SSSR count). The average Bonchev–Trinajstić information content (AvgIpc) is 2.13. The molecule has 1 amide bonds. The second-order valence-corrected chi connectivity index (χ2v) is 3.05. The quantitative estimate of drug-likeness (QED) is 0.463. The van der Waals surface area contributed by atoms with Gasteiger partial charge in [-0.25, -0.2) is 0 Å². The van der Waals surface area contributed by atoms with E-state index < -0.39 is 0 Å². The molecule has 0 aliphatic carbocycles. The molecule has 0 unspecified atom stereocenters. The number of carbonyl (C=O) groups is 1. The molecule has 0 bridgehead atoms. The molecule has 78 valence electrons. The summed E-state index contributed by atoms with van der Waals surface area (Å²) in [7, 11) is 1.89. The highest BCUT2D eigenvalue weighted by Crippen LogP contribution is 1.88. The molecule has 0 aromatic carbocycles. The fourth-order valence-electron chi connectivity index (χ4n) is 1.01. The highest BCUT2D eigenvalue weighted by Gasteiger charge is 1.98. The Morgan fingerprint density at radius 2 is 2.00 bits per heavy atom. The second-order valence-electron chi connectivity index (χ2n) is 3.05. The molecule has 0 aromatic rings. The van der Waals surface area contributed by atoms with Gasteiger partial charge in [-0.1, -0.05) is 0 Å². The summed E-state index contributed by atoms with van der Waals surface area (Å²) in [5.74, 6) is 0.146. The first-order valence-electron chi connectivity index (χ1n) is 4.92. The van der Waals surface area contributed by atoms with Crippen molar-refractivity contribution in [2.45, 2.75) is 25.7 Å². The fourth-order valence-corrected chi connectivity index (χ4v) is 1.01. The molecule has 0 aromatic heterocycles. The Balaban J connectivity index is 3.11. The topological polar surface area (TPSA) is 67.2 Å². The van der Waals surface area contributed by atoms with Crippen LogP contribution in [0.15, 0.2) is 0 Å². The van der Waals surface area contributed by atoms with Crippen LogP contribution in [0, 0.1) is 0 Å². The average molecular weight is 187 g/mol. The lowest BCUT2D eigenvalue weighted by Gasteiger charge is -2.03. The SMILES string of the molecule is CNCCCC(=O)NCCCCN. The number of amides is 1. The van der Waals surface area contributed by atoms with Gasteiger partial charge in [0, 0.05) is 13.0 Å². The van der Waals surface area contributed by atoms with Crippen LogP contribution < -0.4 is 16.4 Å². The van der Waals surface area contributed by atoms with Gasteiger partial charge in [0.25, 0.3) is 0 Å². The molecule has 0 fully saturated rings. The van der Waals surface area contributed by atoms with E-state index in [1.54, 1.807) is 0 Å². The molecule has 0 heterocycles. The van der Waals surface area contributed by atoms with Crippen LogP contribution in [-0.2, 0) is 4.79 Å². The predicted molar refractivity (Wildman–Crippen MR) is 54.5 cm³/mol. The zero-order valence-electron chi connectivity index (χ0n) is 8.44. The van der Waals surface area contributed by atoms with Gasteiger partial charge >= 0.3 is 0 Å². The van der Waals surface area contributed by atoms with Crippen molar-refractivity contribution in [3.63, 3.8) is 0 Å². The van der Waals surface area contributed by atoms with Gasteiger partial charge in [-0.15, -0.1) is 0 Å². The Kier molecular flexibility index (Phi) is 9.03. The van der Waals surface area contributed by atoms with Gasteiger partial charge in [0.05, 0.1) is 0 Å². The lowest BCUT2D eigenvalue weighted by molar-refractivity contribution is -0.121. The lowest BCUT2D eigenvalue weighted by Crippen LogP contribution is -2.25. The van der Waals surface area contributed by atoms with Crippen molar-refractivity contribution < 1.29 is 4.79 Å². The fraction of sp³-hybridized carbons (Fsp3) is 0.889. The first-order valence-corrected chi connectivity index (χ1v) is 4.92. The van der Waals surface area contributed by atoms with E-state index in [2.05, 4.69) is 10.6 Å². The molecule has 13 heavy (non-hydrogen) atoms. The molecule has 4 nitrogen and oxygen atoms in total. The summed E-state index contributed by atoms with van der Waals surface area (Å²) < 4.78 is 0. The molecular weight excluding hydrogens is 166 g/mol. The van der Waals surface area contributed by atoms with Crippen molar-refractivity contribution >= 4 is 5.91 Å². The van der Waals surface area contributed by atoms with Gasteiger partial charge in [0.2, 0.25) is 5.91 Å². The highest BCUT2D eigenvalue weighted by atomic mass is 16.1. The van der Waals surface area contributed by atoms with E-state index in [4.69, 9.17) is 5.73 Å². The van der Waals surface area contributed by atoms with Gasteiger partial charge in [0.15, 0.2) is 0 Å². The van der Waals surface area contributed by atoms with Crippen molar-refractivity contribution in [3.05, 3.63) is 0 Å². The van der Waals surface area contributed by atoms with Crippen LogP contribution in [0.2, 0.25) is 0 Å². The van der Waals surface area contributed by atoms with Crippen LogP contribution in [0.5, 0.6) is 0 Å². The van der Waals surface area contributed by atoms with E-state index in [9.17, 15) is 4.79 Å². The molecule has 0 aliphatic heterocycles. The summed E-state index contributed by atoms with van der Waals surface area (Å²) in [5.41, 5.74) is 5.32. The molecule has 0 radical (unpaired) electrons. The molecule has 0 spiro atoms. The van der Waals surface area contributed by atoms with Gasteiger partial charge in [-0.05, 0) is 39.4 Å². The molecule has 4 heteroatoms. The Morgan fingerprint density at radius 3 is 2.62 bits per heavy atom. The molecule has 0 saturated heterocycles. The third-order valence-corrected chi connectivity index (χ3v) is 1.78. The van der Waals surface area contributed by atoms with E-state index >= 15 is 0 Å². The normalized spacial score (nSPS) is 10.0. The molecule has 0 saturated carbocycles. The minimum atomic E-state index is 0.146. The first kappa shape index (κ1) is 12.4. The number of hydrogen-bond donors (Lipinski definition) is 3. The van der Waals surface area contributed by atoms with Gasteiger partial charge in [0.1, 0.15) is 0 Å². The molecule has 0 atom stereocenters. The van der Waals surface area contributed by atoms with Crippen LogP contribution >= 0.6 is 0 Å². The van der Waals surface area contributed by atoms with E-state index in [0.29, 0.717) is 13.0 Å². The monoisotopic (exact) mass is 187 g/mol. The summed E-state index contributed by atoms with van der Waals surface area (Å²) in [6.07, 6.45) is 3.48. The van der Waals surface area contributed by atoms with Crippen LogP contribution in [-0.4, -0.2) is 32.6 Å². The van der Waals surface area contributed by atoms with Crippen LogP contribution in [0.25, 0.3) is 0 Å². The summed E-state index contributed by atoms with van der Waals surface area (Å²) in [4.78, 5) is 11.1. The van der Waals surface area contributed by atoms with Gasteiger partial charge < -0.3 is 16.4 Å². The van der Waals surface area contributed by atoms with E-state index in [1.807, 2.05) is 7.05 Å². The predicted octanol–water partition coefficient (Wildman–Crippen LogP) is -0.159.